The van der Waals surface area contributed by atoms with Crippen LogP contribution in [0.2, 0.25) is 5.02 Å². The number of carbonyl (C=O) groups excluding carboxylic acids is 3. The zero-order chi connectivity index (χ0) is 31.1. The molecule has 41 heavy (non-hydrogen) atoms. The van der Waals surface area contributed by atoms with Crippen LogP contribution in [0.4, 0.5) is 10.5 Å². The van der Waals surface area contributed by atoms with E-state index in [-0.39, 0.29) is 5.75 Å². The van der Waals surface area contributed by atoms with Gasteiger partial charge in [-0.1, -0.05) is 36.7 Å². The summed E-state index contributed by atoms with van der Waals surface area (Å²) >= 11 is 8.00. The number of halogens is 1. The van der Waals surface area contributed by atoms with E-state index < -0.39 is 41.1 Å². The van der Waals surface area contributed by atoms with Crippen molar-refractivity contribution < 1.29 is 24.2 Å². The number of nitrogens with zero attached hydrogens (tertiary/aromatic N) is 1. The van der Waals surface area contributed by atoms with Crippen molar-refractivity contribution in [1.82, 2.24) is 10.2 Å². The first kappa shape index (κ1) is 34.3. The minimum absolute atomic E-state index is 0.0759. The van der Waals surface area contributed by atoms with Crippen molar-refractivity contribution in [2.45, 2.75) is 91.5 Å². The summed E-state index contributed by atoms with van der Waals surface area (Å²) in [6.07, 6.45) is 2.07. The van der Waals surface area contributed by atoms with Crippen molar-refractivity contribution >= 4 is 47.0 Å². The molecule has 0 fully saturated rings. The highest BCUT2D eigenvalue weighted by molar-refractivity contribution is 7.98. The van der Waals surface area contributed by atoms with E-state index in [4.69, 9.17) is 16.3 Å². The molecule has 3 N–H and O–H groups in total. The molecular weight excluding hydrogens is 562 g/mol. The first-order chi connectivity index (χ1) is 19.0. The number of hydrogen-bond donors (Lipinski definition) is 3. The van der Waals surface area contributed by atoms with Gasteiger partial charge in [0.25, 0.3) is 5.91 Å². The highest BCUT2D eigenvalue weighted by Crippen LogP contribution is 2.36. The second-order valence-electron chi connectivity index (χ2n) is 11.7. The lowest BCUT2D eigenvalue weighted by molar-refractivity contribution is -0.147. The van der Waals surface area contributed by atoms with Crippen molar-refractivity contribution in [2.24, 2.45) is 0 Å². The Labute approximate surface area is 253 Å². The van der Waals surface area contributed by atoms with Crippen LogP contribution in [0.3, 0.4) is 0 Å². The van der Waals surface area contributed by atoms with Gasteiger partial charge in [-0.3, -0.25) is 9.59 Å². The topological polar surface area (TPSA) is 108 Å². The maximum Gasteiger partial charge on any atom is 0.408 e. The molecule has 10 heteroatoms. The lowest BCUT2D eigenvalue weighted by Gasteiger charge is -2.44. The fourth-order valence-electron chi connectivity index (χ4n) is 4.30. The lowest BCUT2D eigenvalue weighted by Crippen LogP contribution is -2.59. The summed E-state index contributed by atoms with van der Waals surface area (Å²) in [5.41, 5.74) is 0.724. The normalized spacial score (nSPS) is 13.2. The van der Waals surface area contributed by atoms with Crippen molar-refractivity contribution in [3.63, 3.8) is 0 Å². The molecule has 0 aliphatic heterocycles. The van der Waals surface area contributed by atoms with E-state index in [9.17, 15) is 19.5 Å². The van der Waals surface area contributed by atoms with Crippen LogP contribution < -0.4 is 10.6 Å². The molecule has 2 atom stereocenters. The van der Waals surface area contributed by atoms with Crippen molar-refractivity contribution in [2.75, 3.05) is 17.3 Å². The van der Waals surface area contributed by atoms with E-state index in [2.05, 4.69) is 10.6 Å². The van der Waals surface area contributed by atoms with Gasteiger partial charge in [-0.25, -0.2) is 4.79 Å². The van der Waals surface area contributed by atoms with E-state index in [1.165, 1.54) is 6.07 Å². The Hall–Kier alpha value is -2.91. The SMILES string of the molecule is CCC(C)(C)N(C(=O)C(CCSC)NC(=O)OC(C)(C)C)C(C(=O)Nc1c(C)cccc1Cl)c1ccc(O)c(C)c1. The lowest BCUT2D eigenvalue weighted by atomic mass is 9.91. The molecule has 2 unspecified atom stereocenters. The van der Waals surface area contributed by atoms with Gasteiger partial charge in [-0.15, -0.1) is 0 Å². The molecule has 0 saturated carbocycles. The molecule has 3 amide bonds. The molecule has 226 valence electrons. The fourth-order valence-corrected chi connectivity index (χ4v) is 5.04. The number of carbonyl (C=O) groups is 3. The predicted octanol–water partition coefficient (Wildman–Crippen LogP) is 7.01. The van der Waals surface area contributed by atoms with Gasteiger partial charge >= 0.3 is 6.09 Å². The fraction of sp³-hybridized carbons (Fsp3) is 0.516. The van der Waals surface area contributed by atoms with Gasteiger partial charge in [0.1, 0.15) is 23.4 Å². The molecule has 0 aromatic heterocycles. The Balaban J connectivity index is 2.70. The number of phenolic OH excluding ortho intramolecular Hbond substituents is 1. The molecule has 0 saturated heterocycles. The second kappa shape index (κ2) is 14.3. The zero-order valence-corrected chi connectivity index (χ0v) is 27.1. The maximum atomic E-state index is 14.5. The summed E-state index contributed by atoms with van der Waals surface area (Å²) in [6.45, 7) is 14.5. The summed E-state index contributed by atoms with van der Waals surface area (Å²) < 4.78 is 5.47. The van der Waals surface area contributed by atoms with Crippen LogP contribution in [0.1, 0.15) is 77.1 Å². The molecule has 0 radical (unpaired) electrons. The number of benzene rings is 2. The number of rotatable bonds is 11. The van der Waals surface area contributed by atoms with Crippen LogP contribution in [0.25, 0.3) is 0 Å². The van der Waals surface area contributed by atoms with E-state index in [1.54, 1.807) is 68.6 Å². The van der Waals surface area contributed by atoms with Gasteiger partial charge in [-0.05, 0) is 108 Å². The minimum atomic E-state index is -1.11. The van der Waals surface area contributed by atoms with Crippen LogP contribution in [0, 0.1) is 13.8 Å². The standard InChI is InChI=1S/C31H44ClN3O5S/c1-10-31(7,8)35(28(38)23(16-17-41-9)33-29(39)40-30(4,5)6)26(21-14-15-24(36)20(3)18-21)27(37)34-25-19(2)12-11-13-22(25)32/h11-15,18,23,26,36H,10,16-17H2,1-9H3,(H,33,39)(H,34,37). The van der Waals surface area contributed by atoms with Crippen LogP contribution in [0.5, 0.6) is 5.75 Å². The highest BCUT2D eigenvalue weighted by atomic mass is 35.5. The number of anilines is 1. The number of amides is 3. The summed E-state index contributed by atoms with van der Waals surface area (Å²) in [7, 11) is 0. The van der Waals surface area contributed by atoms with Crippen LogP contribution in [-0.4, -0.2) is 57.1 Å². The number of nitrogens with one attached hydrogen (secondary N) is 2. The van der Waals surface area contributed by atoms with Crippen molar-refractivity contribution in [1.29, 1.82) is 0 Å². The Bertz CT molecular complexity index is 1220. The molecule has 2 aromatic carbocycles. The molecule has 0 aliphatic carbocycles. The highest BCUT2D eigenvalue weighted by Gasteiger charge is 2.43. The Morgan fingerprint density at radius 3 is 2.27 bits per heavy atom. The summed E-state index contributed by atoms with van der Waals surface area (Å²) in [5.74, 6) is -0.215. The molecular formula is C31H44ClN3O5S. The number of phenols is 1. The number of hydrogen-bond acceptors (Lipinski definition) is 6. The average Bonchev–Trinajstić information content (AvgIpc) is 2.87. The van der Waals surface area contributed by atoms with Crippen LogP contribution >= 0.6 is 23.4 Å². The maximum absolute atomic E-state index is 14.5. The number of thioether (sulfide) groups is 1. The molecule has 0 heterocycles. The van der Waals surface area contributed by atoms with Crippen molar-refractivity contribution in [3.05, 3.63) is 58.1 Å². The number of ether oxygens (including phenoxy) is 1. The quantitative estimate of drug-likeness (QED) is 0.254. The molecule has 2 rings (SSSR count). The molecule has 0 bridgehead atoms. The second-order valence-corrected chi connectivity index (χ2v) is 13.1. The Morgan fingerprint density at radius 2 is 1.73 bits per heavy atom. The zero-order valence-electron chi connectivity index (χ0n) is 25.6. The first-order valence-electron chi connectivity index (χ1n) is 13.7. The van der Waals surface area contributed by atoms with Crippen LogP contribution in [-0.2, 0) is 14.3 Å². The van der Waals surface area contributed by atoms with E-state index >= 15 is 0 Å². The third kappa shape index (κ3) is 9.30. The largest absolute Gasteiger partial charge is 0.508 e. The van der Waals surface area contributed by atoms with Crippen LogP contribution in [0.15, 0.2) is 36.4 Å². The summed E-state index contributed by atoms with van der Waals surface area (Å²) in [5, 5.41) is 16.3. The third-order valence-corrected chi connectivity index (χ3v) is 7.83. The van der Waals surface area contributed by atoms with Gasteiger partial charge in [0, 0.05) is 5.54 Å². The molecule has 2 aromatic rings. The molecule has 0 spiro atoms. The van der Waals surface area contributed by atoms with Gasteiger partial charge in [0.15, 0.2) is 0 Å². The Kier molecular flexibility index (Phi) is 12.0. The third-order valence-electron chi connectivity index (χ3n) is 6.87. The first-order valence-corrected chi connectivity index (χ1v) is 15.5. The van der Waals surface area contributed by atoms with Crippen molar-refractivity contribution in [3.8, 4) is 5.75 Å². The molecule has 8 nitrogen and oxygen atoms in total. The van der Waals surface area contributed by atoms with E-state index in [0.29, 0.717) is 40.4 Å². The van der Waals surface area contributed by atoms with E-state index in [1.807, 2.05) is 40.0 Å². The summed E-state index contributed by atoms with van der Waals surface area (Å²) in [4.78, 5) is 43.1. The van der Waals surface area contributed by atoms with Gasteiger partial charge in [0.2, 0.25) is 5.91 Å². The smallest absolute Gasteiger partial charge is 0.408 e. The number of para-hydroxylation sites is 1. The average molecular weight is 606 g/mol. The van der Waals surface area contributed by atoms with E-state index in [0.717, 1.165) is 5.56 Å². The van der Waals surface area contributed by atoms with Gasteiger partial charge in [-0.2, -0.15) is 11.8 Å². The number of alkyl carbamates (subject to hydrolysis) is 1. The Morgan fingerprint density at radius 1 is 1.07 bits per heavy atom. The number of aryl methyl sites for hydroxylation is 2. The summed E-state index contributed by atoms with van der Waals surface area (Å²) in [6, 6.07) is 8.11. The van der Waals surface area contributed by atoms with Gasteiger partial charge < -0.3 is 25.4 Å². The predicted molar refractivity (Wildman–Crippen MR) is 168 cm³/mol. The minimum Gasteiger partial charge on any atom is -0.508 e. The molecule has 0 aliphatic rings. The van der Waals surface area contributed by atoms with Gasteiger partial charge in [0.05, 0.1) is 10.7 Å². The monoisotopic (exact) mass is 605 g/mol. The number of aromatic hydroxyl groups is 1.